The van der Waals surface area contributed by atoms with Crippen LogP contribution in [0.25, 0.3) is 0 Å². The van der Waals surface area contributed by atoms with Crippen LogP contribution in [0.4, 0.5) is 22.7 Å². The van der Waals surface area contributed by atoms with Gasteiger partial charge in [-0.15, -0.1) is 0 Å². The summed E-state index contributed by atoms with van der Waals surface area (Å²) in [5.41, 5.74) is 0.730. The molecule has 190 valence electrons. The van der Waals surface area contributed by atoms with Crippen LogP contribution in [0.2, 0.25) is 0 Å². The number of nitro groups is 3. The molecule has 0 radical (unpaired) electrons. The molecule has 0 aliphatic carbocycles. The van der Waals surface area contributed by atoms with Crippen molar-refractivity contribution in [3.63, 3.8) is 0 Å². The molecule has 1 amide bonds. The second kappa shape index (κ2) is 10.6. The zero-order valence-corrected chi connectivity index (χ0v) is 19.5. The first-order chi connectivity index (χ1) is 17.4. The second-order valence-electron chi connectivity index (χ2n) is 7.30. The second-order valence-corrected chi connectivity index (χ2v) is 8.95. The van der Waals surface area contributed by atoms with E-state index in [4.69, 9.17) is 0 Å². The van der Waals surface area contributed by atoms with Gasteiger partial charge in [-0.3, -0.25) is 39.9 Å². The molecule has 37 heavy (non-hydrogen) atoms. The van der Waals surface area contributed by atoms with Crippen molar-refractivity contribution in [1.82, 2.24) is 5.43 Å². The average Bonchev–Trinajstić information content (AvgIpc) is 2.86. The lowest BCUT2D eigenvalue weighted by molar-refractivity contribution is -0.394. The monoisotopic (exact) mass is 528 g/mol. The molecule has 0 atom stereocenters. The number of nitrogens with one attached hydrogen (secondary N) is 2. The van der Waals surface area contributed by atoms with E-state index in [0.29, 0.717) is 5.56 Å². The van der Waals surface area contributed by atoms with Crippen molar-refractivity contribution >= 4 is 44.4 Å². The van der Waals surface area contributed by atoms with Crippen LogP contribution in [0, 0.1) is 30.3 Å². The molecule has 0 aliphatic rings. The highest BCUT2D eigenvalue weighted by atomic mass is 32.2. The Labute approximate surface area is 207 Å². The molecule has 0 saturated carbocycles. The van der Waals surface area contributed by atoms with Gasteiger partial charge >= 0.3 is 0 Å². The van der Waals surface area contributed by atoms with E-state index in [1.165, 1.54) is 43.3 Å². The molecular formula is C21H16N6O9S. The fraction of sp³-hybridized carbons (Fsp3) is 0.0476. The number of anilines is 1. The molecule has 0 heterocycles. The van der Waals surface area contributed by atoms with E-state index in [1.54, 1.807) is 0 Å². The Morgan fingerprint density at radius 2 is 1.38 bits per heavy atom. The van der Waals surface area contributed by atoms with Crippen LogP contribution in [-0.2, 0) is 10.0 Å². The Morgan fingerprint density at radius 1 is 0.811 bits per heavy atom. The Bertz CT molecular complexity index is 1520. The van der Waals surface area contributed by atoms with Crippen molar-refractivity contribution in [2.75, 3.05) is 4.72 Å². The Morgan fingerprint density at radius 3 is 1.92 bits per heavy atom. The number of sulfonamides is 1. The van der Waals surface area contributed by atoms with Gasteiger partial charge in [0.15, 0.2) is 4.90 Å². The minimum atomic E-state index is -4.27. The van der Waals surface area contributed by atoms with Gasteiger partial charge in [-0.05, 0) is 30.7 Å². The number of benzene rings is 3. The molecule has 15 nitrogen and oxygen atoms in total. The zero-order valence-electron chi connectivity index (χ0n) is 18.7. The highest BCUT2D eigenvalue weighted by molar-refractivity contribution is 7.92. The number of carbonyl (C=O) groups excluding carboxylic acids is 1. The number of non-ortho nitro benzene ring substituents is 2. The predicted molar refractivity (Wildman–Crippen MR) is 130 cm³/mol. The molecule has 3 aromatic rings. The van der Waals surface area contributed by atoms with Gasteiger partial charge in [0.1, 0.15) is 0 Å². The minimum absolute atomic E-state index is 0.0997. The SMILES string of the molecule is CC(=NNC(=O)c1cc([N+](=O)[O-])cc([N+](=O)[O-])c1)c1ccc(NS(=O)(=O)c2ccccc2[N+](=O)[O-])cc1. The molecule has 2 N–H and O–H groups in total. The van der Waals surface area contributed by atoms with E-state index in [9.17, 15) is 43.6 Å². The molecule has 0 spiro atoms. The summed E-state index contributed by atoms with van der Waals surface area (Å²) in [6, 6.07) is 13.0. The van der Waals surface area contributed by atoms with E-state index in [-0.39, 0.29) is 17.0 Å². The van der Waals surface area contributed by atoms with Crippen molar-refractivity contribution in [2.45, 2.75) is 11.8 Å². The molecule has 0 aromatic heterocycles. The van der Waals surface area contributed by atoms with E-state index >= 15 is 0 Å². The first kappa shape index (κ1) is 26.4. The summed E-state index contributed by atoms with van der Waals surface area (Å²) in [5, 5.41) is 37.0. The molecular weight excluding hydrogens is 512 g/mol. The van der Waals surface area contributed by atoms with Crippen LogP contribution in [-0.4, -0.2) is 34.8 Å². The lowest BCUT2D eigenvalue weighted by atomic mass is 10.1. The predicted octanol–water partition coefficient (Wildman–Crippen LogP) is 3.37. The summed E-state index contributed by atoms with van der Waals surface area (Å²) in [5.74, 6) is -0.931. The molecule has 3 rings (SSSR count). The minimum Gasteiger partial charge on any atom is -0.279 e. The standard InChI is InChI=1S/C21H16N6O9S/c1-13(22-23-21(28)15-10-17(25(29)30)12-18(11-15)26(31)32)14-6-8-16(9-7-14)24-37(35,36)20-5-3-2-4-19(20)27(33)34/h2-12,24H,1H3,(H,23,28). The Balaban J connectivity index is 1.76. The number of nitrogens with zero attached hydrogens (tertiary/aromatic N) is 4. The number of hydrogen-bond donors (Lipinski definition) is 2. The summed E-state index contributed by atoms with van der Waals surface area (Å²) in [7, 11) is -4.27. The smallest absolute Gasteiger partial charge is 0.279 e. The fourth-order valence-electron chi connectivity index (χ4n) is 3.03. The van der Waals surface area contributed by atoms with Crippen LogP contribution in [0.3, 0.4) is 0 Å². The van der Waals surface area contributed by atoms with Gasteiger partial charge in [0.2, 0.25) is 0 Å². The van der Waals surface area contributed by atoms with E-state index in [1.807, 2.05) is 0 Å². The Hall–Kier alpha value is -5.25. The summed E-state index contributed by atoms with van der Waals surface area (Å²) in [4.78, 5) is 42.4. The number of para-hydroxylation sites is 1. The van der Waals surface area contributed by atoms with Crippen molar-refractivity contribution < 1.29 is 28.0 Å². The molecule has 0 bridgehead atoms. The summed E-state index contributed by atoms with van der Waals surface area (Å²) in [6.45, 7) is 1.50. The molecule has 16 heteroatoms. The highest BCUT2D eigenvalue weighted by Crippen LogP contribution is 2.26. The maximum atomic E-state index is 12.6. The van der Waals surface area contributed by atoms with E-state index < -0.39 is 52.7 Å². The summed E-state index contributed by atoms with van der Waals surface area (Å²) in [6.07, 6.45) is 0. The number of rotatable bonds is 9. The first-order valence-electron chi connectivity index (χ1n) is 10.0. The van der Waals surface area contributed by atoms with Crippen LogP contribution in [0.15, 0.2) is 76.7 Å². The highest BCUT2D eigenvalue weighted by Gasteiger charge is 2.25. The molecule has 0 saturated heterocycles. The van der Waals surface area contributed by atoms with Gasteiger partial charge in [0, 0.05) is 23.9 Å². The lowest BCUT2D eigenvalue weighted by Gasteiger charge is -2.09. The van der Waals surface area contributed by atoms with E-state index in [0.717, 1.165) is 30.3 Å². The van der Waals surface area contributed by atoms with E-state index in [2.05, 4.69) is 15.2 Å². The van der Waals surface area contributed by atoms with Crippen molar-refractivity contribution in [2.24, 2.45) is 5.10 Å². The number of hydrazone groups is 1. The largest absolute Gasteiger partial charge is 0.289 e. The van der Waals surface area contributed by atoms with Crippen LogP contribution in [0.1, 0.15) is 22.8 Å². The molecule has 0 aliphatic heterocycles. The van der Waals surface area contributed by atoms with Crippen LogP contribution >= 0.6 is 0 Å². The maximum Gasteiger partial charge on any atom is 0.289 e. The molecule has 0 fully saturated rings. The van der Waals surface area contributed by atoms with Gasteiger partial charge in [0.05, 0.1) is 32.1 Å². The third-order valence-electron chi connectivity index (χ3n) is 4.82. The number of carbonyl (C=O) groups is 1. The van der Waals surface area contributed by atoms with Crippen molar-refractivity contribution in [3.8, 4) is 0 Å². The summed E-state index contributed by atoms with van der Waals surface area (Å²) < 4.78 is 27.5. The van der Waals surface area contributed by atoms with Gasteiger partial charge in [0.25, 0.3) is 33.0 Å². The molecule has 3 aromatic carbocycles. The Kier molecular flexibility index (Phi) is 7.53. The van der Waals surface area contributed by atoms with Gasteiger partial charge < -0.3 is 0 Å². The zero-order chi connectivity index (χ0) is 27.3. The lowest BCUT2D eigenvalue weighted by Crippen LogP contribution is -2.19. The van der Waals surface area contributed by atoms with Crippen molar-refractivity contribution in [3.05, 3.63) is 108 Å². The van der Waals surface area contributed by atoms with Gasteiger partial charge in [-0.2, -0.15) is 5.10 Å². The van der Waals surface area contributed by atoms with Gasteiger partial charge in [-0.25, -0.2) is 13.8 Å². The number of amides is 1. The average molecular weight is 528 g/mol. The summed E-state index contributed by atoms with van der Waals surface area (Å²) >= 11 is 0. The first-order valence-corrected chi connectivity index (χ1v) is 11.5. The fourth-order valence-corrected chi connectivity index (χ4v) is 4.26. The number of hydrogen-bond acceptors (Lipinski definition) is 10. The third-order valence-corrected chi connectivity index (χ3v) is 6.25. The van der Waals surface area contributed by atoms with Crippen LogP contribution < -0.4 is 10.1 Å². The van der Waals surface area contributed by atoms with Crippen LogP contribution in [0.5, 0.6) is 0 Å². The number of nitro benzene ring substituents is 3. The van der Waals surface area contributed by atoms with Gasteiger partial charge in [-0.1, -0.05) is 24.3 Å². The third kappa shape index (κ3) is 6.25. The quantitative estimate of drug-likeness (QED) is 0.236. The normalized spacial score (nSPS) is 11.4. The topological polar surface area (TPSA) is 217 Å². The van der Waals surface area contributed by atoms with Crippen molar-refractivity contribution in [1.29, 1.82) is 0 Å². The molecule has 0 unspecified atom stereocenters. The maximum absolute atomic E-state index is 12.6.